The van der Waals surface area contributed by atoms with Gasteiger partial charge in [-0.15, -0.1) is 0 Å². The molecule has 0 unspecified atom stereocenters. The minimum atomic E-state index is -0.439. The Kier molecular flexibility index (Phi) is 10.6. The minimum absolute atomic E-state index is 0.0496. The van der Waals surface area contributed by atoms with Gasteiger partial charge in [-0.2, -0.15) is 11.5 Å². The molecule has 3 aromatic rings. The lowest BCUT2D eigenvalue weighted by Crippen LogP contribution is -2.38. The average molecular weight is 539 g/mol. The number of nitrogens with one attached hydrogen (secondary N) is 2. The number of guanidine groups is 1. The Morgan fingerprint density at radius 3 is 2.58 bits per heavy atom. The number of hydrogen-bond donors (Lipinski definition) is 2. The number of pyridine rings is 1. The summed E-state index contributed by atoms with van der Waals surface area (Å²) in [6.45, 7) is 9.28. The number of likely N-dealkylation sites (tertiary alicyclic amines) is 1. The number of rotatable bonds is 10. The molecule has 0 atom stereocenters. The van der Waals surface area contributed by atoms with Crippen LogP contribution in [-0.2, 0) is 11.3 Å². The Hall–Kier alpha value is -4.71. The fraction of sp³-hybridized carbons (Fsp3) is 0.323. The van der Waals surface area contributed by atoms with E-state index >= 15 is 0 Å². The van der Waals surface area contributed by atoms with E-state index in [0.717, 1.165) is 43.4 Å². The summed E-state index contributed by atoms with van der Waals surface area (Å²) >= 11 is 0. The van der Waals surface area contributed by atoms with Gasteiger partial charge in [0.25, 0.3) is 11.9 Å². The molecule has 9 nitrogen and oxygen atoms in total. The summed E-state index contributed by atoms with van der Waals surface area (Å²) in [5.74, 6) is 0.503. The summed E-state index contributed by atoms with van der Waals surface area (Å²) < 4.78 is 5.42. The number of esters is 1. The lowest BCUT2D eigenvalue weighted by Gasteiger charge is -2.32. The van der Waals surface area contributed by atoms with Crippen LogP contribution in [-0.4, -0.2) is 47.4 Å². The molecular formula is C31H34N6O3. The standard InChI is InChI=1S/C31H34N6O3/c1-32-36-31(35-28-14-8-17-33-22-28)34-18-6-5-9-24-15-19-37(20-16-24)29(38)26-12-7-13-27(21-26)30(39)40-23-25-10-3-2-4-11-25/h2-4,7-8,10-14,17,21-22,24H,5-6,9,15-16,18-20,23H2,(H2,34,35,36). The molecule has 0 radical (unpaired) electrons. The largest absolute Gasteiger partial charge is 0.457 e. The van der Waals surface area contributed by atoms with E-state index in [0.29, 0.717) is 42.6 Å². The maximum Gasteiger partial charge on any atom is 0.338 e. The number of amides is 1. The monoisotopic (exact) mass is 538 g/mol. The summed E-state index contributed by atoms with van der Waals surface area (Å²) in [7, 11) is 0. The Balaban J connectivity index is 1.18. The summed E-state index contributed by atoms with van der Waals surface area (Å²) in [4.78, 5) is 39.3. The third-order valence-corrected chi connectivity index (χ3v) is 6.84. The highest BCUT2D eigenvalue weighted by molar-refractivity contribution is 5.98. The number of piperidine rings is 1. The van der Waals surface area contributed by atoms with E-state index in [1.807, 2.05) is 47.4 Å². The fourth-order valence-electron chi connectivity index (χ4n) is 4.66. The van der Waals surface area contributed by atoms with Gasteiger partial charge in [0.2, 0.25) is 0 Å². The number of ether oxygens (including phenoxy) is 1. The Morgan fingerprint density at radius 1 is 1.02 bits per heavy atom. The van der Waals surface area contributed by atoms with Gasteiger partial charge < -0.3 is 15.0 Å². The lowest BCUT2D eigenvalue weighted by molar-refractivity contribution is 0.0472. The van der Waals surface area contributed by atoms with Gasteiger partial charge in [0.1, 0.15) is 6.61 Å². The number of benzene rings is 2. The molecule has 2 aromatic carbocycles. The highest BCUT2D eigenvalue weighted by Crippen LogP contribution is 2.24. The van der Waals surface area contributed by atoms with Crippen LogP contribution in [0, 0.1) is 12.5 Å². The van der Waals surface area contributed by atoms with Crippen molar-refractivity contribution in [2.75, 3.05) is 25.0 Å². The second-order valence-electron chi connectivity index (χ2n) is 9.69. The minimum Gasteiger partial charge on any atom is -0.457 e. The van der Waals surface area contributed by atoms with Gasteiger partial charge in [-0.25, -0.2) is 9.79 Å². The van der Waals surface area contributed by atoms with E-state index in [4.69, 9.17) is 11.3 Å². The number of anilines is 1. The molecule has 40 heavy (non-hydrogen) atoms. The van der Waals surface area contributed by atoms with Crippen LogP contribution in [0.15, 0.2) is 84.1 Å². The van der Waals surface area contributed by atoms with Crippen LogP contribution in [0.3, 0.4) is 0 Å². The number of nitrogens with zero attached hydrogens (tertiary/aromatic N) is 4. The molecule has 1 fully saturated rings. The molecule has 1 aliphatic rings. The average Bonchev–Trinajstić information content (AvgIpc) is 3.01. The topological polar surface area (TPSA) is 100 Å². The molecule has 1 aliphatic heterocycles. The molecular weight excluding hydrogens is 504 g/mol. The van der Waals surface area contributed by atoms with E-state index in [1.54, 1.807) is 36.7 Å². The summed E-state index contributed by atoms with van der Waals surface area (Å²) in [6.07, 6.45) is 8.33. The van der Waals surface area contributed by atoms with E-state index in [1.165, 1.54) is 0 Å². The molecule has 0 saturated carbocycles. The molecule has 9 heteroatoms. The zero-order valence-electron chi connectivity index (χ0n) is 22.5. The van der Waals surface area contributed by atoms with Crippen molar-refractivity contribution in [1.29, 1.82) is 0 Å². The van der Waals surface area contributed by atoms with Gasteiger partial charge in [0.15, 0.2) is 0 Å². The van der Waals surface area contributed by atoms with Crippen LogP contribution in [0.5, 0.6) is 0 Å². The van der Waals surface area contributed by atoms with Crippen molar-refractivity contribution < 1.29 is 14.3 Å². The molecule has 0 aliphatic carbocycles. The first kappa shape index (κ1) is 28.3. The summed E-state index contributed by atoms with van der Waals surface area (Å²) in [5.41, 5.74) is 5.14. The number of carbonyl (C=O) groups excluding carboxylic acids is 2. The molecule has 4 rings (SSSR count). The third-order valence-electron chi connectivity index (χ3n) is 6.84. The van der Waals surface area contributed by atoms with Crippen molar-refractivity contribution in [1.82, 2.24) is 15.3 Å². The van der Waals surface area contributed by atoms with E-state index in [-0.39, 0.29) is 12.5 Å². The number of aromatic nitrogens is 1. The Morgan fingerprint density at radius 2 is 1.82 bits per heavy atom. The molecule has 2 N–H and O–H groups in total. The van der Waals surface area contributed by atoms with E-state index in [2.05, 4.69) is 25.7 Å². The third kappa shape index (κ3) is 8.67. The second kappa shape index (κ2) is 15.0. The van der Waals surface area contributed by atoms with Crippen molar-refractivity contribution in [2.24, 2.45) is 10.9 Å². The molecule has 0 bridgehead atoms. The number of aliphatic imine (C=N–C) groups is 1. The quantitative estimate of drug-likeness (QED) is 0.0901. The van der Waals surface area contributed by atoms with Gasteiger partial charge in [0.05, 0.1) is 17.4 Å². The van der Waals surface area contributed by atoms with Crippen molar-refractivity contribution in [3.8, 4) is 0 Å². The summed E-state index contributed by atoms with van der Waals surface area (Å²) in [5, 5.41) is 3.07. The smallest absolute Gasteiger partial charge is 0.338 e. The predicted octanol–water partition coefficient (Wildman–Crippen LogP) is 5.35. The lowest BCUT2D eigenvalue weighted by atomic mass is 9.91. The molecule has 1 aromatic heterocycles. The molecule has 206 valence electrons. The van der Waals surface area contributed by atoms with Gasteiger partial charge in [-0.3, -0.25) is 9.78 Å². The molecule has 1 saturated heterocycles. The van der Waals surface area contributed by atoms with Crippen LogP contribution in [0.4, 0.5) is 5.69 Å². The first-order chi connectivity index (χ1) is 19.6. The zero-order valence-corrected chi connectivity index (χ0v) is 22.5. The zero-order chi connectivity index (χ0) is 28.0. The van der Waals surface area contributed by atoms with Gasteiger partial charge in [0, 0.05) is 31.4 Å². The Labute approximate surface area is 235 Å². The maximum atomic E-state index is 13.1. The summed E-state index contributed by atoms with van der Waals surface area (Å²) in [6, 6.07) is 20.0. The highest BCUT2D eigenvalue weighted by Gasteiger charge is 2.24. The van der Waals surface area contributed by atoms with Crippen LogP contribution in [0.2, 0.25) is 0 Å². The van der Waals surface area contributed by atoms with Gasteiger partial charge >= 0.3 is 5.97 Å². The van der Waals surface area contributed by atoms with Gasteiger partial charge in [-0.05, 0) is 61.1 Å². The predicted molar refractivity (Wildman–Crippen MR) is 154 cm³/mol. The highest BCUT2D eigenvalue weighted by atomic mass is 16.5. The van der Waals surface area contributed by atoms with Crippen molar-refractivity contribution in [2.45, 2.75) is 38.7 Å². The van der Waals surface area contributed by atoms with E-state index < -0.39 is 5.97 Å². The van der Waals surface area contributed by atoms with Crippen molar-refractivity contribution >= 4 is 23.5 Å². The maximum absolute atomic E-state index is 13.1. The van der Waals surface area contributed by atoms with Crippen LogP contribution < -0.4 is 10.7 Å². The molecule has 1 amide bonds. The van der Waals surface area contributed by atoms with Crippen molar-refractivity contribution in [3.05, 3.63) is 107 Å². The molecule has 0 spiro atoms. The number of carbonyl (C=O) groups is 2. The number of hydrogen-bond acceptors (Lipinski definition) is 5. The van der Waals surface area contributed by atoms with Crippen LogP contribution in [0.25, 0.3) is 4.95 Å². The second-order valence-corrected chi connectivity index (χ2v) is 9.69. The van der Waals surface area contributed by atoms with Crippen LogP contribution in [0.1, 0.15) is 58.4 Å². The Bertz CT molecular complexity index is 1320. The number of unbranched alkanes of at least 4 members (excludes halogenated alkanes) is 1. The van der Waals surface area contributed by atoms with Crippen LogP contribution >= 0.6 is 0 Å². The SMILES string of the molecule is [C-]#[N+]NC(=NCCCCC1CCN(C(=O)c2cccc(C(=O)OCc3ccccc3)c2)CC1)Nc1cccnc1. The molecule has 2 heterocycles. The van der Waals surface area contributed by atoms with E-state index in [9.17, 15) is 9.59 Å². The normalized spacial score (nSPS) is 13.8. The van der Waals surface area contributed by atoms with Gasteiger partial charge in [-0.1, -0.05) is 54.7 Å². The first-order valence-corrected chi connectivity index (χ1v) is 13.6. The fourth-order valence-corrected chi connectivity index (χ4v) is 4.66. The first-order valence-electron chi connectivity index (χ1n) is 13.6. The van der Waals surface area contributed by atoms with Crippen molar-refractivity contribution in [3.63, 3.8) is 0 Å².